The summed E-state index contributed by atoms with van der Waals surface area (Å²) in [5, 5.41) is 23.2. The van der Waals surface area contributed by atoms with Gasteiger partial charge in [-0.1, -0.05) is 282 Å². The minimum Gasteiger partial charge on any atom is -0.466 e. The number of esters is 1. The third-order valence-corrected chi connectivity index (χ3v) is 13.5. The van der Waals surface area contributed by atoms with Gasteiger partial charge in [-0.15, -0.1) is 0 Å². The SMILES string of the molecule is CCCCCCCCCCCCCCCCCCCCC(O)C(CO)NC(=O)CC/C=C\C/C=C\CCCCCCCCOC(=O)CCCCCCCCCCCCCCCCCCC. The van der Waals surface area contributed by atoms with Crippen LogP contribution in [-0.4, -0.2) is 47.4 Å². The maximum Gasteiger partial charge on any atom is 0.305 e. The molecule has 6 heteroatoms. The zero-order chi connectivity index (χ0) is 47.2. The lowest BCUT2D eigenvalue weighted by Gasteiger charge is -2.22. The van der Waals surface area contributed by atoms with Crippen LogP contribution in [0.1, 0.15) is 316 Å². The van der Waals surface area contributed by atoms with Crippen LogP contribution in [0.3, 0.4) is 0 Å². The van der Waals surface area contributed by atoms with Crippen molar-refractivity contribution in [3.05, 3.63) is 24.3 Å². The highest BCUT2D eigenvalue weighted by atomic mass is 16.5. The molecule has 0 aliphatic heterocycles. The number of allylic oxidation sites excluding steroid dienone is 4. The zero-order valence-corrected chi connectivity index (χ0v) is 43.7. The highest BCUT2D eigenvalue weighted by Crippen LogP contribution is 2.17. The second-order valence-electron chi connectivity index (χ2n) is 20.0. The average Bonchev–Trinajstić information content (AvgIpc) is 3.31. The number of amides is 1. The van der Waals surface area contributed by atoms with Crippen molar-refractivity contribution < 1.29 is 24.5 Å². The minimum absolute atomic E-state index is 0.0126. The number of rotatable bonds is 54. The van der Waals surface area contributed by atoms with E-state index in [0.29, 0.717) is 32.3 Å². The summed E-state index contributed by atoms with van der Waals surface area (Å²) in [6.07, 6.45) is 66.1. The van der Waals surface area contributed by atoms with E-state index < -0.39 is 12.1 Å². The van der Waals surface area contributed by atoms with Gasteiger partial charge in [0.15, 0.2) is 0 Å². The van der Waals surface area contributed by atoms with Crippen LogP contribution in [0.5, 0.6) is 0 Å². The third kappa shape index (κ3) is 51.6. The zero-order valence-electron chi connectivity index (χ0n) is 43.7. The maximum absolute atomic E-state index is 12.4. The Kier molecular flexibility index (Phi) is 53.5. The van der Waals surface area contributed by atoms with E-state index in [9.17, 15) is 19.8 Å². The first kappa shape index (κ1) is 63.3. The van der Waals surface area contributed by atoms with E-state index in [1.165, 1.54) is 225 Å². The summed E-state index contributed by atoms with van der Waals surface area (Å²) in [5.41, 5.74) is 0. The molecule has 2 atom stereocenters. The normalized spacial score (nSPS) is 12.7. The fourth-order valence-corrected chi connectivity index (χ4v) is 9.04. The number of aliphatic hydroxyl groups is 2. The molecule has 1 amide bonds. The lowest BCUT2D eigenvalue weighted by molar-refractivity contribution is -0.143. The molecule has 2 unspecified atom stereocenters. The number of carbonyl (C=O) groups excluding carboxylic acids is 2. The topological polar surface area (TPSA) is 95.9 Å². The summed E-state index contributed by atoms with van der Waals surface area (Å²) in [5.74, 6) is -0.126. The van der Waals surface area contributed by atoms with Crippen molar-refractivity contribution in [2.45, 2.75) is 328 Å². The standard InChI is InChI=1S/C59H113NO5/c1-3-5-7-9-11-13-15-17-19-21-23-24-27-31-35-39-43-47-51-57(62)56(55-61)60-58(63)52-48-44-40-36-32-28-26-30-34-38-42-46-50-54-65-59(64)53-49-45-41-37-33-29-25-22-20-18-16-14-12-10-8-6-4-2/h28,32,40,44,56-57,61-62H,3-27,29-31,33-39,41-43,45-55H2,1-2H3,(H,60,63)/b32-28-,44-40-. The van der Waals surface area contributed by atoms with Crippen LogP contribution in [0.15, 0.2) is 24.3 Å². The van der Waals surface area contributed by atoms with Crippen LogP contribution in [0.2, 0.25) is 0 Å². The molecular formula is C59H113NO5. The van der Waals surface area contributed by atoms with Crippen molar-refractivity contribution in [3.63, 3.8) is 0 Å². The summed E-state index contributed by atoms with van der Waals surface area (Å²) < 4.78 is 5.47. The quantitative estimate of drug-likeness (QED) is 0.0321. The van der Waals surface area contributed by atoms with Gasteiger partial charge in [-0.25, -0.2) is 0 Å². The van der Waals surface area contributed by atoms with Gasteiger partial charge in [0.2, 0.25) is 5.91 Å². The highest BCUT2D eigenvalue weighted by molar-refractivity contribution is 5.76. The molecule has 0 saturated carbocycles. The second-order valence-corrected chi connectivity index (χ2v) is 20.0. The lowest BCUT2D eigenvalue weighted by Crippen LogP contribution is -2.45. The first-order valence-corrected chi connectivity index (χ1v) is 29.1. The maximum atomic E-state index is 12.4. The van der Waals surface area contributed by atoms with E-state index in [-0.39, 0.29) is 18.5 Å². The molecule has 0 bridgehead atoms. The summed E-state index contributed by atoms with van der Waals surface area (Å²) in [6.45, 7) is 4.91. The predicted octanol–water partition coefficient (Wildman–Crippen LogP) is 17.9. The number of unbranched alkanes of at least 4 members (excludes halogenated alkanes) is 39. The molecule has 0 spiro atoms. The van der Waals surface area contributed by atoms with E-state index in [1.807, 2.05) is 6.08 Å². The largest absolute Gasteiger partial charge is 0.466 e. The van der Waals surface area contributed by atoms with E-state index >= 15 is 0 Å². The molecule has 3 N–H and O–H groups in total. The Morgan fingerprint density at radius 1 is 0.431 bits per heavy atom. The van der Waals surface area contributed by atoms with Gasteiger partial charge in [0.25, 0.3) is 0 Å². The lowest BCUT2D eigenvalue weighted by atomic mass is 10.0. The van der Waals surface area contributed by atoms with Gasteiger partial charge < -0.3 is 20.3 Å². The molecule has 0 aliphatic carbocycles. The monoisotopic (exact) mass is 916 g/mol. The van der Waals surface area contributed by atoms with Crippen molar-refractivity contribution in [1.82, 2.24) is 5.32 Å². The second kappa shape index (κ2) is 54.9. The number of ether oxygens (including phenoxy) is 1. The molecule has 384 valence electrons. The first-order valence-electron chi connectivity index (χ1n) is 29.1. The van der Waals surface area contributed by atoms with Crippen LogP contribution in [0.4, 0.5) is 0 Å². The predicted molar refractivity (Wildman–Crippen MR) is 283 cm³/mol. The Bertz CT molecular complexity index is 1010. The fraction of sp³-hybridized carbons (Fsp3) is 0.898. The Hall–Kier alpha value is -1.66. The number of nitrogens with one attached hydrogen (secondary N) is 1. The number of aliphatic hydroxyl groups excluding tert-OH is 2. The number of hydrogen-bond donors (Lipinski definition) is 3. The molecule has 0 radical (unpaired) electrons. The Labute approximate surface area is 405 Å². The smallest absolute Gasteiger partial charge is 0.305 e. The average molecular weight is 917 g/mol. The molecule has 0 aromatic heterocycles. The van der Waals surface area contributed by atoms with E-state index in [2.05, 4.69) is 37.4 Å². The molecule has 6 nitrogen and oxygen atoms in total. The third-order valence-electron chi connectivity index (χ3n) is 13.5. The molecule has 65 heavy (non-hydrogen) atoms. The van der Waals surface area contributed by atoms with E-state index in [4.69, 9.17) is 4.74 Å². The van der Waals surface area contributed by atoms with Gasteiger partial charge in [0.1, 0.15) is 0 Å². The van der Waals surface area contributed by atoms with Gasteiger partial charge in [-0.3, -0.25) is 9.59 Å². The van der Waals surface area contributed by atoms with Crippen molar-refractivity contribution >= 4 is 11.9 Å². The van der Waals surface area contributed by atoms with Gasteiger partial charge in [0, 0.05) is 12.8 Å². The molecule has 0 fully saturated rings. The van der Waals surface area contributed by atoms with Crippen LogP contribution in [0, 0.1) is 0 Å². The molecule has 0 aromatic carbocycles. The van der Waals surface area contributed by atoms with Crippen molar-refractivity contribution in [1.29, 1.82) is 0 Å². The molecule has 0 heterocycles. The van der Waals surface area contributed by atoms with Crippen LogP contribution < -0.4 is 5.32 Å². The van der Waals surface area contributed by atoms with Crippen LogP contribution in [0.25, 0.3) is 0 Å². The Morgan fingerprint density at radius 2 is 0.785 bits per heavy atom. The summed E-state index contributed by atoms with van der Waals surface area (Å²) in [6, 6.07) is -0.585. The molecule has 0 aromatic rings. The minimum atomic E-state index is -0.699. The molecule has 0 saturated heterocycles. The van der Waals surface area contributed by atoms with E-state index in [1.54, 1.807) is 0 Å². The molecular weight excluding hydrogens is 803 g/mol. The fourth-order valence-electron chi connectivity index (χ4n) is 9.04. The van der Waals surface area contributed by atoms with Crippen LogP contribution in [-0.2, 0) is 14.3 Å². The van der Waals surface area contributed by atoms with Crippen LogP contribution >= 0.6 is 0 Å². The Morgan fingerprint density at radius 3 is 1.20 bits per heavy atom. The van der Waals surface area contributed by atoms with Crippen molar-refractivity contribution in [2.75, 3.05) is 13.2 Å². The summed E-state index contributed by atoms with van der Waals surface area (Å²) in [4.78, 5) is 24.5. The number of carbonyl (C=O) groups is 2. The van der Waals surface area contributed by atoms with Gasteiger partial charge in [-0.05, 0) is 44.9 Å². The molecule has 0 rings (SSSR count). The van der Waals surface area contributed by atoms with Gasteiger partial charge in [-0.2, -0.15) is 0 Å². The van der Waals surface area contributed by atoms with Gasteiger partial charge in [0.05, 0.1) is 25.4 Å². The van der Waals surface area contributed by atoms with Crippen molar-refractivity contribution in [2.24, 2.45) is 0 Å². The molecule has 0 aliphatic rings. The highest BCUT2D eigenvalue weighted by Gasteiger charge is 2.19. The first-order chi connectivity index (χ1) is 32.0. The Balaban J connectivity index is 3.51. The summed E-state index contributed by atoms with van der Waals surface area (Å²) >= 11 is 0. The number of hydrogen-bond acceptors (Lipinski definition) is 5. The van der Waals surface area contributed by atoms with E-state index in [0.717, 1.165) is 51.4 Å². The van der Waals surface area contributed by atoms with Gasteiger partial charge >= 0.3 is 5.97 Å². The summed E-state index contributed by atoms with van der Waals surface area (Å²) in [7, 11) is 0. The van der Waals surface area contributed by atoms with Crippen molar-refractivity contribution in [3.8, 4) is 0 Å².